The number of ether oxygens (including phenoxy) is 1. The maximum absolute atomic E-state index is 13.5. The highest BCUT2D eigenvalue weighted by molar-refractivity contribution is 5.22. The minimum absolute atomic E-state index is 0.0306. The van der Waals surface area contributed by atoms with Crippen LogP contribution in [0.4, 0.5) is 4.39 Å². The highest BCUT2D eigenvalue weighted by Crippen LogP contribution is 2.33. The van der Waals surface area contributed by atoms with E-state index in [2.05, 4.69) is 10.00 Å². The second kappa shape index (κ2) is 7.21. The van der Waals surface area contributed by atoms with Crippen LogP contribution in [0, 0.1) is 5.82 Å². The lowest BCUT2D eigenvalue weighted by Crippen LogP contribution is -2.24. The summed E-state index contributed by atoms with van der Waals surface area (Å²) < 4.78 is 20.4. The molecule has 1 aliphatic rings. The first-order valence-electron chi connectivity index (χ1n) is 7.83. The van der Waals surface area contributed by atoms with Crippen molar-refractivity contribution in [3.63, 3.8) is 0 Å². The lowest BCUT2D eigenvalue weighted by atomic mass is 10.0. The number of rotatable bonds is 6. The van der Waals surface area contributed by atoms with Crippen LogP contribution in [0.15, 0.2) is 36.7 Å². The van der Waals surface area contributed by atoms with Crippen molar-refractivity contribution in [2.24, 2.45) is 0 Å². The van der Waals surface area contributed by atoms with Crippen molar-refractivity contribution < 1.29 is 14.2 Å². The number of aliphatic hydroxyl groups excluding tert-OH is 1. The molecule has 5 nitrogen and oxygen atoms in total. The van der Waals surface area contributed by atoms with E-state index in [1.165, 1.54) is 6.07 Å². The lowest BCUT2D eigenvalue weighted by Gasteiger charge is -2.23. The largest absolute Gasteiger partial charge is 0.392 e. The molecule has 124 valence electrons. The number of benzene rings is 1. The molecule has 2 atom stereocenters. The highest BCUT2D eigenvalue weighted by atomic mass is 19.1. The first-order chi connectivity index (χ1) is 11.2. The third-order valence-corrected chi connectivity index (χ3v) is 4.21. The second-order valence-electron chi connectivity index (χ2n) is 5.99. The Balaban J connectivity index is 1.71. The average molecular weight is 319 g/mol. The van der Waals surface area contributed by atoms with Crippen LogP contribution in [0.2, 0.25) is 0 Å². The number of nitrogens with zero attached hydrogens (tertiary/aromatic N) is 3. The summed E-state index contributed by atoms with van der Waals surface area (Å²) in [6, 6.07) is 6.66. The van der Waals surface area contributed by atoms with Crippen molar-refractivity contribution >= 4 is 0 Å². The molecule has 1 aliphatic heterocycles. The predicted molar refractivity (Wildman–Crippen MR) is 84.3 cm³/mol. The van der Waals surface area contributed by atoms with E-state index in [9.17, 15) is 9.50 Å². The molecule has 1 fully saturated rings. The Morgan fingerprint density at radius 2 is 2.30 bits per heavy atom. The SMILES string of the molecule is COCCn1cc(CN2CC(O)CC2c2cccc(F)c2)cn1. The van der Waals surface area contributed by atoms with Gasteiger partial charge in [0.2, 0.25) is 0 Å². The molecule has 1 aromatic carbocycles. The van der Waals surface area contributed by atoms with Gasteiger partial charge in [0.05, 0.1) is 25.5 Å². The first-order valence-corrected chi connectivity index (χ1v) is 7.83. The van der Waals surface area contributed by atoms with Crippen molar-refractivity contribution in [2.75, 3.05) is 20.3 Å². The highest BCUT2D eigenvalue weighted by Gasteiger charge is 2.32. The Kier molecular flexibility index (Phi) is 5.05. The maximum Gasteiger partial charge on any atom is 0.123 e. The zero-order valence-electron chi connectivity index (χ0n) is 13.2. The quantitative estimate of drug-likeness (QED) is 0.884. The van der Waals surface area contributed by atoms with E-state index >= 15 is 0 Å². The maximum atomic E-state index is 13.5. The zero-order chi connectivity index (χ0) is 16.2. The van der Waals surface area contributed by atoms with Gasteiger partial charge in [-0.15, -0.1) is 0 Å². The van der Waals surface area contributed by atoms with E-state index in [4.69, 9.17) is 4.74 Å². The van der Waals surface area contributed by atoms with Gasteiger partial charge in [0.15, 0.2) is 0 Å². The van der Waals surface area contributed by atoms with Gasteiger partial charge in [-0.25, -0.2) is 4.39 Å². The zero-order valence-corrected chi connectivity index (χ0v) is 13.2. The molecular weight excluding hydrogens is 297 g/mol. The summed E-state index contributed by atoms with van der Waals surface area (Å²) in [6.07, 6.45) is 4.07. The van der Waals surface area contributed by atoms with E-state index in [0.717, 1.165) is 11.1 Å². The van der Waals surface area contributed by atoms with E-state index in [1.54, 1.807) is 19.2 Å². The summed E-state index contributed by atoms with van der Waals surface area (Å²) in [4.78, 5) is 2.18. The standard InChI is InChI=1S/C17H22FN3O2/c1-23-6-5-21-11-13(9-19-21)10-20-12-16(22)8-17(20)14-3-2-4-15(18)7-14/h2-4,7,9,11,16-17,22H,5-6,8,10,12H2,1H3. The molecule has 0 spiro atoms. The minimum Gasteiger partial charge on any atom is -0.392 e. The Morgan fingerprint density at radius 1 is 1.43 bits per heavy atom. The summed E-state index contributed by atoms with van der Waals surface area (Å²) in [5.74, 6) is -0.240. The molecule has 2 heterocycles. The Hall–Kier alpha value is -1.76. The predicted octanol–water partition coefficient (Wildman–Crippen LogP) is 1.98. The first kappa shape index (κ1) is 16.1. The number of halogens is 1. The minimum atomic E-state index is -0.383. The van der Waals surface area contributed by atoms with Crippen LogP contribution in [-0.2, 0) is 17.8 Å². The van der Waals surface area contributed by atoms with Gasteiger partial charge >= 0.3 is 0 Å². The van der Waals surface area contributed by atoms with Crippen LogP contribution < -0.4 is 0 Å². The van der Waals surface area contributed by atoms with Crippen molar-refractivity contribution in [2.45, 2.75) is 31.7 Å². The van der Waals surface area contributed by atoms with E-state index in [0.29, 0.717) is 32.7 Å². The molecule has 0 aliphatic carbocycles. The van der Waals surface area contributed by atoms with Gasteiger partial charge in [0.25, 0.3) is 0 Å². The van der Waals surface area contributed by atoms with Crippen molar-refractivity contribution in [1.29, 1.82) is 0 Å². The van der Waals surface area contributed by atoms with E-state index < -0.39 is 0 Å². The number of hydrogen-bond donors (Lipinski definition) is 1. The monoisotopic (exact) mass is 319 g/mol. The molecule has 23 heavy (non-hydrogen) atoms. The van der Waals surface area contributed by atoms with Crippen LogP contribution >= 0.6 is 0 Å². The van der Waals surface area contributed by atoms with Crippen LogP contribution in [0.1, 0.15) is 23.6 Å². The third-order valence-electron chi connectivity index (χ3n) is 4.21. The van der Waals surface area contributed by atoms with Gasteiger partial charge in [-0.1, -0.05) is 12.1 Å². The summed E-state index contributed by atoms with van der Waals surface area (Å²) in [7, 11) is 1.67. The number of aromatic nitrogens is 2. The van der Waals surface area contributed by atoms with Gasteiger partial charge in [-0.2, -0.15) is 5.10 Å². The fourth-order valence-electron chi connectivity index (χ4n) is 3.14. The van der Waals surface area contributed by atoms with E-state index in [-0.39, 0.29) is 18.0 Å². The summed E-state index contributed by atoms with van der Waals surface area (Å²) >= 11 is 0. The topological polar surface area (TPSA) is 50.5 Å². The summed E-state index contributed by atoms with van der Waals surface area (Å²) in [5.41, 5.74) is 1.99. The Labute approximate surface area is 135 Å². The Bertz CT molecular complexity index is 646. The summed E-state index contributed by atoms with van der Waals surface area (Å²) in [6.45, 7) is 2.61. The molecule has 1 saturated heterocycles. The molecule has 1 aromatic heterocycles. The van der Waals surface area contributed by atoms with Gasteiger partial charge in [0, 0.05) is 38.0 Å². The molecule has 0 radical (unpaired) electrons. The molecule has 2 aromatic rings. The summed E-state index contributed by atoms with van der Waals surface area (Å²) in [5, 5.41) is 14.3. The van der Waals surface area contributed by atoms with Crippen molar-refractivity contribution in [3.05, 3.63) is 53.6 Å². The molecular formula is C17H22FN3O2. The second-order valence-corrected chi connectivity index (χ2v) is 5.99. The van der Waals surface area contributed by atoms with E-state index in [1.807, 2.05) is 23.1 Å². The smallest absolute Gasteiger partial charge is 0.123 e. The van der Waals surface area contributed by atoms with Gasteiger partial charge in [-0.3, -0.25) is 9.58 Å². The fraction of sp³-hybridized carbons (Fsp3) is 0.471. The van der Waals surface area contributed by atoms with Crippen LogP contribution in [-0.4, -0.2) is 46.2 Å². The lowest BCUT2D eigenvalue weighted by molar-refractivity contribution is 0.172. The Morgan fingerprint density at radius 3 is 3.09 bits per heavy atom. The van der Waals surface area contributed by atoms with Gasteiger partial charge in [0.1, 0.15) is 5.82 Å². The van der Waals surface area contributed by atoms with Crippen molar-refractivity contribution in [1.82, 2.24) is 14.7 Å². The molecule has 1 N–H and O–H groups in total. The van der Waals surface area contributed by atoms with Crippen LogP contribution in [0.3, 0.4) is 0 Å². The molecule has 0 amide bonds. The molecule has 3 rings (SSSR count). The van der Waals surface area contributed by atoms with Crippen LogP contribution in [0.5, 0.6) is 0 Å². The fourth-order valence-corrected chi connectivity index (χ4v) is 3.14. The number of hydrogen-bond acceptors (Lipinski definition) is 4. The van der Waals surface area contributed by atoms with Gasteiger partial charge in [-0.05, 0) is 24.1 Å². The van der Waals surface area contributed by atoms with Crippen LogP contribution in [0.25, 0.3) is 0 Å². The molecule has 6 heteroatoms. The number of β-amino-alcohol motifs (C(OH)–C–C–N with tert-alkyl or cyclic N) is 1. The number of aliphatic hydroxyl groups is 1. The van der Waals surface area contributed by atoms with Gasteiger partial charge < -0.3 is 9.84 Å². The molecule has 0 bridgehead atoms. The molecule has 0 saturated carbocycles. The normalized spacial score (nSPS) is 21.9. The third kappa shape index (κ3) is 3.96. The van der Waals surface area contributed by atoms with Crippen molar-refractivity contribution in [3.8, 4) is 0 Å². The average Bonchev–Trinajstić information content (AvgIpc) is 3.12. The number of methoxy groups -OCH3 is 1. The molecule has 2 unspecified atom stereocenters. The number of likely N-dealkylation sites (tertiary alicyclic amines) is 1.